The van der Waals surface area contributed by atoms with Gasteiger partial charge in [0.25, 0.3) is 0 Å². The number of nitrogens with one attached hydrogen (secondary N) is 2. The number of carbonyl (C=O) groups excluding carboxylic acids is 2. The Bertz CT molecular complexity index is 801. The molecule has 0 unspecified atom stereocenters. The third kappa shape index (κ3) is 5.48. The molecule has 1 fully saturated rings. The summed E-state index contributed by atoms with van der Waals surface area (Å²) >= 11 is 0. The second kappa shape index (κ2) is 8.58. The zero-order chi connectivity index (χ0) is 19.2. The Morgan fingerprint density at radius 3 is 2.52 bits per heavy atom. The van der Waals surface area contributed by atoms with Crippen molar-refractivity contribution < 1.29 is 14.3 Å². The molecule has 2 aromatic carbocycles. The SMILES string of the molecule is COc1ccc(CN(C)C(=O)NCc2cccc(NC(=O)C3CC3)c2)cc1. The molecule has 0 saturated heterocycles. The molecule has 0 spiro atoms. The van der Waals surface area contributed by atoms with Crippen LogP contribution in [0, 0.1) is 5.92 Å². The van der Waals surface area contributed by atoms with Crippen LogP contribution in [0.15, 0.2) is 48.5 Å². The Balaban J connectivity index is 1.49. The monoisotopic (exact) mass is 367 g/mol. The molecule has 1 aliphatic rings. The van der Waals surface area contributed by atoms with E-state index in [9.17, 15) is 9.59 Å². The van der Waals surface area contributed by atoms with Gasteiger partial charge in [-0.15, -0.1) is 0 Å². The molecule has 0 radical (unpaired) electrons. The topological polar surface area (TPSA) is 70.7 Å². The van der Waals surface area contributed by atoms with Gasteiger partial charge in [-0.25, -0.2) is 4.79 Å². The number of carbonyl (C=O) groups is 2. The maximum absolute atomic E-state index is 12.3. The lowest BCUT2D eigenvalue weighted by Gasteiger charge is -2.18. The Morgan fingerprint density at radius 2 is 1.85 bits per heavy atom. The number of ether oxygens (including phenoxy) is 1. The van der Waals surface area contributed by atoms with Gasteiger partial charge in [-0.05, 0) is 48.2 Å². The summed E-state index contributed by atoms with van der Waals surface area (Å²) in [6.07, 6.45) is 1.95. The number of nitrogens with zero attached hydrogens (tertiary/aromatic N) is 1. The first-order valence-corrected chi connectivity index (χ1v) is 9.07. The molecule has 0 aliphatic heterocycles. The number of hydrogen-bond donors (Lipinski definition) is 2. The highest BCUT2D eigenvalue weighted by molar-refractivity contribution is 5.94. The van der Waals surface area contributed by atoms with E-state index in [1.165, 1.54) is 0 Å². The van der Waals surface area contributed by atoms with Crippen LogP contribution in [0.3, 0.4) is 0 Å². The van der Waals surface area contributed by atoms with Crippen LogP contribution in [0.1, 0.15) is 24.0 Å². The minimum atomic E-state index is -0.154. The molecule has 2 aromatic rings. The van der Waals surface area contributed by atoms with Crippen LogP contribution in [0.4, 0.5) is 10.5 Å². The third-order valence-corrected chi connectivity index (χ3v) is 4.51. The van der Waals surface area contributed by atoms with Crippen molar-refractivity contribution in [1.29, 1.82) is 0 Å². The summed E-state index contributed by atoms with van der Waals surface area (Å²) in [6, 6.07) is 15.0. The largest absolute Gasteiger partial charge is 0.497 e. The average Bonchev–Trinajstić information content (AvgIpc) is 3.52. The highest BCUT2D eigenvalue weighted by atomic mass is 16.5. The maximum atomic E-state index is 12.3. The van der Waals surface area contributed by atoms with Crippen LogP contribution in [0.2, 0.25) is 0 Å². The number of benzene rings is 2. The van der Waals surface area contributed by atoms with E-state index in [0.29, 0.717) is 13.1 Å². The van der Waals surface area contributed by atoms with Crippen LogP contribution in [-0.2, 0) is 17.9 Å². The molecule has 6 nitrogen and oxygen atoms in total. The number of urea groups is 1. The summed E-state index contributed by atoms with van der Waals surface area (Å²) in [5.41, 5.74) is 2.73. The van der Waals surface area contributed by atoms with Crippen molar-refractivity contribution in [1.82, 2.24) is 10.2 Å². The predicted octanol–water partition coefficient (Wildman–Crippen LogP) is 3.39. The van der Waals surface area contributed by atoms with Gasteiger partial charge in [-0.3, -0.25) is 4.79 Å². The fraction of sp³-hybridized carbons (Fsp3) is 0.333. The summed E-state index contributed by atoms with van der Waals surface area (Å²) < 4.78 is 5.14. The molecule has 0 bridgehead atoms. The van der Waals surface area contributed by atoms with Gasteiger partial charge in [0.1, 0.15) is 5.75 Å². The van der Waals surface area contributed by atoms with Crippen LogP contribution in [-0.4, -0.2) is 31.0 Å². The minimum absolute atomic E-state index is 0.0791. The van der Waals surface area contributed by atoms with Gasteiger partial charge < -0.3 is 20.3 Å². The molecule has 2 N–H and O–H groups in total. The van der Waals surface area contributed by atoms with Gasteiger partial charge in [0.15, 0.2) is 0 Å². The van der Waals surface area contributed by atoms with Crippen LogP contribution in [0.25, 0.3) is 0 Å². The minimum Gasteiger partial charge on any atom is -0.497 e. The van der Waals surface area contributed by atoms with E-state index in [-0.39, 0.29) is 17.9 Å². The highest BCUT2D eigenvalue weighted by Gasteiger charge is 2.29. The quantitative estimate of drug-likeness (QED) is 0.788. The summed E-state index contributed by atoms with van der Waals surface area (Å²) in [5.74, 6) is 1.04. The number of rotatable bonds is 7. The third-order valence-electron chi connectivity index (χ3n) is 4.51. The van der Waals surface area contributed by atoms with Crippen molar-refractivity contribution in [2.24, 2.45) is 5.92 Å². The second-order valence-corrected chi connectivity index (χ2v) is 6.83. The first kappa shape index (κ1) is 18.8. The first-order valence-electron chi connectivity index (χ1n) is 9.07. The van der Waals surface area contributed by atoms with E-state index in [1.54, 1.807) is 19.1 Å². The molecule has 0 aromatic heterocycles. The van der Waals surface area contributed by atoms with Crippen molar-refractivity contribution in [3.63, 3.8) is 0 Å². The molecular weight excluding hydrogens is 342 g/mol. The molecule has 0 heterocycles. The number of hydrogen-bond acceptors (Lipinski definition) is 3. The summed E-state index contributed by atoms with van der Waals surface area (Å²) in [6.45, 7) is 0.909. The predicted molar refractivity (Wildman–Crippen MR) is 104 cm³/mol. The van der Waals surface area contributed by atoms with E-state index in [0.717, 1.165) is 35.4 Å². The Kier molecular flexibility index (Phi) is 5.96. The highest BCUT2D eigenvalue weighted by Crippen LogP contribution is 2.30. The van der Waals surface area contributed by atoms with Crippen molar-refractivity contribution in [2.45, 2.75) is 25.9 Å². The standard InChI is InChI=1S/C21H25N3O3/c1-24(14-15-6-10-19(27-2)11-7-15)21(26)22-13-16-4-3-5-18(12-16)23-20(25)17-8-9-17/h3-7,10-12,17H,8-9,13-14H2,1-2H3,(H,22,26)(H,23,25). The fourth-order valence-electron chi connectivity index (χ4n) is 2.74. The van der Waals surface area contributed by atoms with E-state index < -0.39 is 0 Å². The molecule has 3 amide bonds. The number of anilines is 1. The van der Waals surface area contributed by atoms with E-state index in [1.807, 2.05) is 48.5 Å². The Morgan fingerprint density at radius 1 is 1.11 bits per heavy atom. The lowest BCUT2D eigenvalue weighted by molar-refractivity contribution is -0.117. The van der Waals surface area contributed by atoms with Crippen molar-refractivity contribution >= 4 is 17.6 Å². The van der Waals surface area contributed by atoms with Crippen LogP contribution < -0.4 is 15.4 Å². The summed E-state index contributed by atoms with van der Waals surface area (Å²) in [5, 5.41) is 5.83. The van der Waals surface area contributed by atoms with E-state index >= 15 is 0 Å². The Hall–Kier alpha value is -3.02. The second-order valence-electron chi connectivity index (χ2n) is 6.83. The molecular formula is C21H25N3O3. The first-order chi connectivity index (χ1) is 13.0. The van der Waals surface area contributed by atoms with Crippen molar-refractivity contribution in [3.8, 4) is 5.75 Å². The lowest BCUT2D eigenvalue weighted by Crippen LogP contribution is -2.36. The van der Waals surface area contributed by atoms with Crippen LogP contribution >= 0.6 is 0 Å². The van der Waals surface area contributed by atoms with E-state index in [2.05, 4.69) is 10.6 Å². The van der Waals surface area contributed by atoms with Gasteiger partial charge in [0.05, 0.1) is 7.11 Å². The van der Waals surface area contributed by atoms with Crippen molar-refractivity contribution in [2.75, 3.05) is 19.5 Å². The zero-order valence-electron chi connectivity index (χ0n) is 15.7. The molecule has 142 valence electrons. The van der Waals surface area contributed by atoms with Gasteiger partial charge in [-0.2, -0.15) is 0 Å². The Labute approximate surface area is 159 Å². The van der Waals surface area contributed by atoms with Gasteiger partial charge in [-0.1, -0.05) is 24.3 Å². The normalized spacial score (nSPS) is 13.0. The lowest BCUT2D eigenvalue weighted by atomic mass is 10.2. The molecule has 1 saturated carbocycles. The van der Waals surface area contributed by atoms with Crippen molar-refractivity contribution in [3.05, 3.63) is 59.7 Å². The smallest absolute Gasteiger partial charge is 0.317 e. The summed E-state index contributed by atoms with van der Waals surface area (Å²) in [4.78, 5) is 25.8. The maximum Gasteiger partial charge on any atom is 0.317 e. The average molecular weight is 367 g/mol. The molecule has 0 atom stereocenters. The summed E-state index contributed by atoms with van der Waals surface area (Å²) in [7, 11) is 3.38. The van der Waals surface area contributed by atoms with Crippen LogP contribution in [0.5, 0.6) is 5.75 Å². The fourth-order valence-corrected chi connectivity index (χ4v) is 2.74. The number of methoxy groups -OCH3 is 1. The van der Waals surface area contributed by atoms with Gasteiger partial charge in [0, 0.05) is 31.7 Å². The number of amides is 3. The molecule has 27 heavy (non-hydrogen) atoms. The zero-order valence-corrected chi connectivity index (χ0v) is 15.7. The molecule has 3 rings (SSSR count). The van der Waals surface area contributed by atoms with Gasteiger partial charge >= 0.3 is 6.03 Å². The molecule has 1 aliphatic carbocycles. The van der Waals surface area contributed by atoms with E-state index in [4.69, 9.17) is 4.74 Å². The van der Waals surface area contributed by atoms with Gasteiger partial charge in [0.2, 0.25) is 5.91 Å². The molecule has 6 heteroatoms.